The molecule has 0 bridgehead atoms. The van der Waals surface area contributed by atoms with Crippen LogP contribution in [-0.2, 0) is 0 Å². The van der Waals surface area contributed by atoms with Crippen molar-refractivity contribution >= 4 is 65.4 Å². The third-order valence-corrected chi connectivity index (χ3v) is 7.16. The van der Waals surface area contributed by atoms with E-state index in [1.54, 1.807) is 24.3 Å². The van der Waals surface area contributed by atoms with E-state index in [0.717, 1.165) is 5.39 Å². The van der Waals surface area contributed by atoms with Gasteiger partial charge in [-0.15, -0.1) is 0 Å². The molecule has 0 radical (unpaired) electrons. The largest absolute Gasteiger partial charge is 0.456 e. The molecule has 0 atom stereocenters. The Morgan fingerprint density at radius 2 is 1.20 bits per heavy atom. The quantitative estimate of drug-likeness (QED) is 0.224. The molecule has 186 valence electrons. The molecule has 2 heterocycles. The summed E-state index contributed by atoms with van der Waals surface area (Å²) in [4.78, 5) is 0. The summed E-state index contributed by atoms with van der Waals surface area (Å²) in [5.41, 5.74) is 0.268. The molecule has 9 aromatic rings. The van der Waals surface area contributed by atoms with Gasteiger partial charge in [-0.1, -0.05) is 103 Å². The third kappa shape index (κ3) is 2.99. The summed E-state index contributed by atoms with van der Waals surface area (Å²) in [7, 11) is 0. The summed E-state index contributed by atoms with van der Waals surface area (Å²) in [6.45, 7) is 0. The molecule has 2 nitrogen and oxygen atoms in total. The number of para-hydroxylation sites is 2. The minimum absolute atomic E-state index is 0.0767. The lowest BCUT2D eigenvalue weighted by atomic mass is 9.87. The van der Waals surface area contributed by atoms with Crippen LogP contribution in [-0.4, -0.2) is 0 Å². The van der Waals surface area contributed by atoms with Gasteiger partial charge in [0.2, 0.25) is 0 Å². The Balaban J connectivity index is 1.62. The van der Waals surface area contributed by atoms with Gasteiger partial charge in [0.1, 0.15) is 22.3 Å². The topological polar surface area (TPSA) is 26.3 Å². The average Bonchev–Trinajstić information content (AvgIpc) is 3.76. The first-order chi connectivity index (χ1) is 26.1. The van der Waals surface area contributed by atoms with Gasteiger partial charge in [-0.2, -0.15) is 0 Å². The summed E-state index contributed by atoms with van der Waals surface area (Å²) < 4.78 is 145. The second kappa shape index (κ2) is 8.08. The van der Waals surface area contributed by atoms with Crippen molar-refractivity contribution in [2.45, 2.75) is 0 Å². The Morgan fingerprint density at radius 3 is 2.10 bits per heavy atom. The maximum absolute atomic E-state index is 9.45. The number of rotatable bonds is 2. The van der Waals surface area contributed by atoms with Gasteiger partial charge in [0.25, 0.3) is 0 Å². The molecule has 0 amide bonds. The van der Waals surface area contributed by atoms with Gasteiger partial charge in [0.05, 0.1) is 20.6 Å². The minimum Gasteiger partial charge on any atom is -0.456 e. The molecule has 0 aliphatic rings. The van der Waals surface area contributed by atoms with E-state index in [1.807, 2.05) is 18.2 Å². The average molecular weight is 526 g/mol. The zero-order chi connectivity index (χ0) is 39.3. The van der Waals surface area contributed by atoms with Crippen LogP contribution in [0.15, 0.2) is 142 Å². The third-order valence-electron chi connectivity index (χ3n) is 7.16. The molecule has 0 fully saturated rings. The van der Waals surface area contributed by atoms with E-state index in [1.165, 1.54) is 0 Å². The first-order valence-corrected chi connectivity index (χ1v) is 12.4. The summed E-state index contributed by atoms with van der Waals surface area (Å²) in [6.07, 6.45) is 0. The van der Waals surface area contributed by atoms with E-state index < -0.39 is 107 Å². The van der Waals surface area contributed by atoms with Crippen LogP contribution >= 0.6 is 0 Å². The van der Waals surface area contributed by atoms with Gasteiger partial charge in [0.15, 0.2) is 0 Å². The zero-order valence-electron chi connectivity index (χ0n) is 35.4. The SMILES string of the molecule is [2H]c1c([2H])c([2H])c2c(oc3c(-c4ccc5oc6ccccc6c5c4)c4c([2H])c([2H])c([2H])c([2H])c4c(-c4c([2H])c([2H])c5c([2H])c([2H])c([2H])c([2H])c5c4[2H])c32)c1[2H]. The Kier molecular flexibility index (Phi) is 2.39. The number of hydrogen-bond acceptors (Lipinski definition) is 2. The molecular formula is C38H22O2. The van der Waals surface area contributed by atoms with Gasteiger partial charge < -0.3 is 8.83 Å². The second-order valence-corrected chi connectivity index (χ2v) is 9.32. The molecule has 2 aromatic heterocycles. The molecule has 0 unspecified atom stereocenters. The normalized spacial score (nSPS) is 17.2. The van der Waals surface area contributed by atoms with E-state index in [-0.39, 0.29) is 43.8 Å². The molecule has 40 heavy (non-hydrogen) atoms. The smallest absolute Gasteiger partial charge is 0.144 e. The maximum atomic E-state index is 9.45. The van der Waals surface area contributed by atoms with Crippen LogP contribution in [0.2, 0.25) is 0 Å². The van der Waals surface area contributed by atoms with Crippen molar-refractivity contribution in [3.8, 4) is 22.3 Å². The molecule has 0 saturated heterocycles. The molecule has 7 aromatic carbocycles. The standard InChI is InChI=1S/C38H22O2/c1-2-10-24-21-25(18-17-23(24)9-1)35-28-12-3-4-13-29(28)36(38-37(35)30-14-6-8-16-33(30)40-38)26-19-20-34-31(22-26)27-11-5-7-15-32(27)39-34/h1-22H/i1D,2D,3D,4D,6D,8D,9D,10D,12D,13D,14D,16D,17D,18D,21D. The Bertz CT molecular complexity index is 3270. The Labute approximate surface area is 250 Å². The van der Waals surface area contributed by atoms with Gasteiger partial charge in [-0.05, 0) is 63.0 Å². The van der Waals surface area contributed by atoms with Crippen molar-refractivity contribution in [2.75, 3.05) is 0 Å². The number of hydrogen-bond donors (Lipinski definition) is 0. The Hall–Kier alpha value is -5.34. The fraction of sp³-hybridized carbons (Fsp3) is 0. The number of furan rings is 2. The molecule has 0 aliphatic heterocycles. The van der Waals surface area contributed by atoms with Crippen molar-refractivity contribution in [3.05, 3.63) is 133 Å². The second-order valence-electron chi connectivity index (χ2n) is 9.32. The number of fused-ring (bicyclic) bond motifs is 8. The maximum Gasteiger partial charge on any atom is 0.144 e. The molecule has 9 rings (SSSR count). The highest BCUT2D eigenvalue weighted by Crippen LogP contribution is 2.48. The van der Waals surface area contributed by atoms with Gasteiger partial charge >= 0.3 is 0 Å². The van der Waals surface area contributed by atoms with Crippen LogP contribution in [0.1, 0.15) is 20.6 Å². The highest BCUT2D eigenvalue weighted by molar-refractivity contribution is 6.27. The van der Waals surface area contributed by atoms with Gasteiger partial charge in [0, 0.05) is 32.7 Å². The van der Waals surface area contributed by atoms with Crippen LogP contribution in [0, 0.1) is 0 Å². The van der Waals surface area contributed by atoms with Crippen molar-refractivity contribution < 1.29 is 29.4 Å². The van der Waals surface area contributed by atoms with E-state index in [0.29, 0.717) is 22.1 Å². The lowest BCUT2D eigenvalue weighted by Crippen LogP contribution is -1.89. The van der Waals surface area contributed by atoms with Crippen molar-refractivity contribution in [2.24, 2.45) is 0 Å². The highest BCUT2D eigenvalue weighted by Gasteiger charge is 2.22. The first-order valence-electron chi connectivity index (χ1n) is 19.9. The van der Waals surface area contributed by atoms with Gasteiger partial charge in [-0.3, -0.25) is 0 Å². The monoisotopic (exact) mass is 525 g/mol. The molecule has 0 saturated carbocycles. The summed E-state index contributed by atoms with van der Waals surface area (Å²) in [5, 5.41) is -0.204. The predicted molar refractivity (Wildman–Crippen MR) is 167 cm³/mol. The van der Waals surface area contributed by atoms with Crippen molar-refractivity contribution in [3.63, 3.8) is 0 Å². The summed E-state index contributed by atoms with van der Waals surface area (Å²) in [6, 6.07) is 2.63. The molecule has 0 N–H and O–H groups in total. The molecule has 0 aliphatic carbocycles. The van der Waals surface area contributed by atoms with Crippen LogP contribution in [0.4, 0.5) is 0 Å². The molecule has 2 heteroatoms. The van der Waals surface area contributed by atoms with Crippen molar-refractivity contribution in [1.82, 2.24) is 0 Å². The zero-order valence-corrected chi connectivity index (χ0v) is 20.4. The van der Waals surface area contributed by atoms with E-state index >= 15 is 0 Å². The van der Waals surface area contributed by atoms with E-state index in [4.69, 9.17) is 23.9 Å². The van der Waals surface area contributed by atoms with Gasteiger partial charge in [-0.25, -0.2) is 0 Å². The van der Waals surface area contributed by atoms with Crippen LogP contribution in [0.3, 0.4) is 0 Å². The van der Waals surface area contributed by atoms with E-state index in [9.17, 15) is 5.48 Å². The Morgan fingerprint density at radius 1 is 0.475 bits per heavy atom. The summed E-state index contributed by atoms with van der Waals surface area (Å²) in [5.74, 6) is 0. The predicted octanol–water partition coefficient (Wildman–Crippen LogP) is 11.1. The molecule has 0 spiro atoms. The van der Waals surface area contributed by atoms with E-state index in [2.05, 4.69) is 0 Å². The fourth-order valence-corrected chi connectivity index (χ4v) is 5.47. The van der Waals surface area contributed by atoms with Crippen LogP contribution < -0.4 is 0 Å². The van der Waals surface area contributed by atoms with Crippen LogP contribution in [0.5, 0.6) is 0 Å². The minimum atomic E-state index is -0.716. The first kappa shape index (κ1) is 11.8. The lowest BCUT2D eigenvalue weighted by molar-refractivity contribution is 0.668. The summed E-state index contributed by atoms with van der Waals surface area (Å²) >= 11 is 0. The van der Waals surface area contributed by atoms with Crippen LogP contribution in [0.25, 0.3) is 87.7 Å². The fourth-order valence-electron chi connectivity index (χ4n) is 5.47. The number of benzene rings is 7. The highest BCUT2D eigenvalue weighted by atomic mass is 16.3. The molecular weight excluding hydrogens is 488 g/mol. The van der Waals surface area contributed by atoms with Crippen molar-refractivity contribution in [1.29, 1.82) is 0 Å². The lowest BCUT2D eigenvalue weighted by Gasteiger charge is -2.15.